The maximum Gasteiger partial charge on any atom is 0.251 e. The molecule has 1 aliphatic carbocycles. The molecule has 3 nitrogen and oxygen atoms in total. The fourth-order valence-electron chi connectivity index (χ4n) is 4.07. The van der Waals surface area contributed by atoms with E-state index in [9.17, 15) is 4.79 Å². The van der Waals surface area contributed by atoms with Crippen LogP contribution in [0.2, 0.25) is 0 Å². The topological polar surface area (TPSA) is 41.1 Å². The molecule has 2 aromatic rings. The van der Waals surface area contributed by atoms with Crippen molar-refractivity contribution in [3.05, 3.63) is 77.4 Å². The lowest BCUT2D eigenvalue weighted by atomic mass is 9.76. The van der Waals surface area contributed by atoms with Crippen LogP contribution in [0.1, 0.15) is 53.2 Å². The summed E-state index contributed by atoms with van der Waals surface area (Å²) in [6.45, 7) is 2.78. The van der Waals surface area contributed by atoms with Crippen molar-refractivity contribution in [2.75, 3.05) is 11.9 Å². The van der Waals surface area contributed by atoms with Crippen molar-refractivity contribution in [1.29, 1.82) is 0 Å². The van der Waals surface area contributed by atoms with Crippen molar-refractivity contribution in [2.45, 2.75) is 31.7 Å². The molecule has 2 aromatic carbocycles. The van der Waals surface area contributed by atoms with Crippen LogP contribution in [0.5, 0.6) is 0 Å². The zero-order chi connectivity index (χ0) is 17.2. The number of anilines is 1. The summed E-state index contributed by atoms with van der Waals surface area (Å²) in [5, 5.41) is 6.69. The highest BCUT2D eigenvalue weighted by atomic mass is 16.1. The SMILES string of the molecule is CCCNC(=O)c1ccc2c(c1)C1C=CCC1C(c1ccccc1)N2. The Labute approximate surface area is 149 Å². The second kappa shape index (κ2) is 6.75. The molecule has 0 radical (unpaired) electrons. The Bertz CT molecular complexity index is 797. The van der Waals surface area contributed by atoms with Gasteiger partial charge in [0.15, 0.2) is 0 Å². The summed E-state index contributed by atoms with van der Waals surface area (Å²) < 4.78 is 0. The maximum atomic E-state index is 12.3. The van der Waals surface area contributed by atoms with E-state index in [2.05, 4.69) is 72.2 Å². The molecule has 2 aliphatic rings. The average Bonchev–Trinajstić information content (AvgIpc) is 3.16. The van der Waals surface area contributed by atoms with Crippen LogP contribution in [0, 0.1) is 5.92 Å². The molecule has 3 unspecified atom stereocenters. The van der Waals surface area contributed by atoms with Crippen LogP contribution < -0.4 is 10.6 Å². The van der Waals surface area contributed by atoms with Crippen LogP contribution in [0.15, 0.2) is 60.7 Å². The van der Waals surface area contributed by atoms with Gasteiger partial charge in [-0.25, -0.2) is 0 Å². The lowest BCUT2D eigenvalue weighted by Gasteiger charge is -2.37. The number of nitrogens with one attached hydrogen (secondary N) is 2. The molecule has 0 fully saturated rings. The summed E-state index contributed by atoms with van der Waals surface area (Å²) >= 11 is 0. The van der Waals surface area contributed by atoms with E-state index in [-0.39, 0.29) is 5.91 Å². The first kappa shape index (κ1) is 15.9. The van der Waals surface area contributed by atoms with Gasteiger partial charge < -0.3 is 10.6 Å². The number of rotatable bonds is 4. The van der Waals surface area contributed by atoms with Crippen molar-refractivity contribution in [3.63, 3.8) is 0 Å². The lowest BCUT2D eigenvalue weighted by molar-refractivity contribution is 0.0953. The predicted octanol–water partition coefficient (Wildman–Crippen LogP) is 4.65. The third kappa shape index (κ3) is 2.95. The van der Waals surface area contributed by atoms with E-state index in [0.29, 0.717) is 17.9 Å². The molecule has 0 saturated heterocycles. The Balaban J connectivity index is 1.67. The number of hydrogen-bond acceptors (Lipinski definition) is 2. The Hall–Kier alpha value is -2.55. The summed E-state index contributed by atoms with van der Waals surface area (Å²) in [5.41, 5.74) is 4.48. The van der Waals surface area contributed by atoms with E-state index in [1.165, 1.54) is 11.1 Å². The normalized spacial score (nSPS) is 23.5. The summed E-state index contributed by atoms with van der Waals surface area (Å²) in [7, 11) is 0. The number of carbonyl (C=O) groups excluding carboxylic acids is 1. The molecule has 0 aromatic heterocycles. The first-order valence-electron chi connectivity index (χ1n) is 9.18. The third-order valence-corrected chi connectivity index (χ3v) is 5.32. The highest BCUT2D eigenvalue weighted by Crippen LogP contribution is 2.49. The fraction of sp³-hybridized carbons (Fsp3) is 0.318. The number of hydrogen-bond donors (Lipinski definition) is 2. The van der Waals surface area contributed by atoms with Crippen molar-refractivity contribution < 1.29 is 4.79 Å². The van der Waals surface area contributed by atoms with Gasteiger partial charge in [-0.2, -0.15) is 0 Å². The Morgan fingerprint density at radius 1 is 1.20 bits per heavy atom. The first-order chi connectivity index (χ1) is 12.3. The molecular weight excluding hydrogens is 308 g/mol. The van der Waals surface area contributed by atoms with Gasteiger partial charge in [0.25, 0.3) is 5.91 Å². The van der Waals surface area contributed by atoms with Gasteiger partial charge >= 0.3 is 0 Å². The number of benzene rings is 2. The second-order valence-corrected chi connectivity index (χ2v) is 6.94. The molecule has 1 heterocycles. The van der Waals surface area contributed by atoms with E-state index in [1.54, 1.807) is 0 Å². The van der Waals surface area contributed by atoms with Crippen molar-refractivity contribution in [1.82, 2.24) is 5.32 Å². The summed E-state index contributed by atoms with van der Waals surface area (Å²) in [6.07, 6.45) is 6.62. The minimum absolute atomic E-state index is 0.0216. The van der Waals surface area contributed by atoms with Crippen LogP contribution in [0.25, 0.3) is 0 Å². The molecule has 4 rings (SSSR count). The fourth-order valence-corrected chi connectivity index (χ4v) is 4.07. The van der Waals surface area contributed by atoms with Crippen LogP contribution >= 0.6 is 0 Å². The first-order valence-corrected chi connectivity index (χ1v) is 9.18. The van der Waals surface area contributed by atoms with Gasteiger partial charge in [0, 0.05) is 23.7 Å². The second-order valence-electron chi connectivity index (χ2n) is 6.94. The van der Waals surface area contributed by atoms with Gasteiger partial charge in [0.2, 0.25) is 0 Å². The quantitative estimate of drug-likeness (QED) is 0.800. The molecule has 0 saturated carbocycles. The van der Waals surface area contributed by atoms with Gasteiger partial charge in [-0.3, -0.25) is 4.79 Å². The van der Waals surface area contributed by atoms with E-state index in [1.807, 2.05) is 6.07 Å². The maximum absolute atomic E-state index is 12.3. The largest absolute Gasteiger partial charge is 0.378 e. The zero-order valence-electron chi connectivity index (χ0n) is 14.5. The highest BCUT2D eigenvalue weighted by Gasteiger charge is 2.38. The number of fused-ring (bicyclic) bond motifs is 3. The average molecular weight is 332 g/mol. The summed E-state index contributed by atoms with van der Waals surface area (Å²) in [4.78, 5) is 12.3. The van der Waals surface area contributed by atoms with Crippen LogP contribution in [0.4, 0.5) is 5.69 Å². The van der Waals surface area contributed by atoms with E-state index >= 15 is 0 Å². The monoisotopic (exact) mass is 332 g/mol. The lowest BCUT2D eigenvalue weighted by Crippen LogP contribution is -2.30. The molecule has 128 valence electrons. The molecule has 0 spiro atoms. The molecule has 0 bridgehead atoms. The molecule has 3 heteroatoms. The minimum atomic E-state index is 0.0216. The number of carbonyl (C=O) groups is 1. The molecule has 1 amide bonds. The highest BCUT2D eigenvalue weighted by molar-refractivity contribution is 5.95. The Kier molecular flexibility index (Phi) is 4.31. The van der Waals surface area contributed by atoms with Gasteiger partial charge in [0.1, 0.15) is 0 Å². The minimum Gasteiger partial charge on any atom is -0.378 e. The van der Waals surface area contributed by atoms with Crippen LogP contribution in [-0.2, 0) is 0 Å². The Morgan fingerprint density at radius 2 is 2.04 bits per heavy atom. The molecule has 2 N–H and O–H groups in total. The van der Waals surface area contributed by atoms with Crippen molar-refractivity contribution >= 4 is 11.6 Å². The molecule has 25 heavy (non-hydrogen) atoms. The summed E-state index contributed by atoms with van der Waals surface area (Å²) in [5.74, 6) is 0.901. The van der Waals surface area contributed by atoms with Gasteiger partial charge in [-0.1, -0.05) is 49.4 Å². The molecular formula is C22H24N2O. The number of allylic oxidation sites excluding steroid dienone is 2. The smallest absolute Gasteiger partial charge is 0.251 e. The zero-order valence-corrected chi connectivity index (χ0v) is 14.5. The van der Waals surface area contributed by atoms with Gasteiger partial charge in [-0.05, 0) is 48.1 Å². The van der Waals surface area contributed by atoms with Crippen molar-refractivity contribution in [2.24, 2.45) is 5.92 Å². The molecule has 3 atom stereocenters. The predicted molar refractivity (Wildman–Crippen MR) is 102 cm³/mol. The third-order valence-electron chi connectivity index (χ3n) is 5.32. The number of amides is 1. The van der Waals surface area contributed by atoms with Crippen molar-refractivity contribution in [3.8, 4) is 0 Å². The molecule has 1 aliphatic heterocycles. The standard InChI is InChI=1S/C22H24N2O/c1-2-13-23-22(25)16-11-12-20-19(14-16)17-9-6-10-18(17)21(24-20)15-7-4-3-5-8-15/h3-9,11-12,14,17-18,21,24H,2,10,13H2,1H3,(H,23,25). The van der Waals surface area contributed by atoms with E-state index in [0.717, 1.165) is 30.6 Å². The van der Waals surface area contributed by atoms with E-state index in [4.69, 9.17) is 0 Å². The summed E-state index contributed by atoms with van der Waals surface area (Å²) in [6, 6.07) is 17.0. The van der Waals surface area contributed by atoms with E-state index < -0.39 is 0 Å². The van der Waals surface area contributed by atoms with Crippen LogP contribution in [-0.4, -0.2) is 12.5 Å². The van der Waals surface area contributed by atoms with Crippen LogP contribution in [0.3, 0.4) is 0 Å². The van der Waals surface area contributed by atoms with Gasteiger partial charge in [0.05, 0.1) is 6.04 Å². The van der Waals surface area contributed by atoms with Gasteiger partial charge in [-0.15, -0.1) is 0 Å². The Morgan fingerprint density at radius 3 is 2.84 bits per heavy atom.